The molecule has 1 amide bonds. The summed E-state index contributed by atoms with van der Waals surface area (Å²) < 4.78 is 0. The number of halogens is 1. The highest BCUT2D eigenvalue weighted by molar-refractivity contribution is 6.52. The molecule has 0 saturated carbocycles. The molecule has 28 heavy (non-hydrogen) atoms. The SMILES string of the molecule is C[NH+](Cc1ccc(N2CCCCC2)cc1)CN1C(=O)C(=O)c2cc(Cl)ccc21. The minimum Gasteiger partial charge on any atom is -0.372 e. The molecule has 2 aromatic rings. The van der Waals surface area contributed by atoms with Gasteiger partial charge in [-0.2, -0.15) is 0 Å². The Morgan fingerprint density at radius 2 is 1.71 bits per heavy atom. The lowest BCUT2D eigenvalue weighted by Crippen LogP contribution is -3.09. The highest BCUT2D eigenvalue weighted by atomic mass is 35.5. The van der Waals surface area contributed by atoms with Crippen LogP contribution in [0.3, 0.4) is 0 Å². The summed E-state index contributed by atoms with van der Waals surface area (Å²) in [5.41, 5.74) is 3.55. The molecule has 1 fully saturated rings. The number of carbonyl (C=O) groups is 2. The van der Waals surface area contributed by atoms with E-state index in [1.807, 2.05) is 7.05 Å². The summed E-state index contributed by atoms with van der Waals surface area (Å²) in [4.78, 5) is 29.8. The van der Waals surface area contributed by atoms with Gasteiger partial charge in [0.2, 0.25) is 0 Å². The Balaban J connectivity index is 1.41. The van der Waals surface area contributed by atoms with Crippen molar-refractivity contribution in [1.82, 2.24) is 0 Å². The molecular formula is C22H25ClN3O2+. The van der Waals surface area contributed by atoms with Crippen LogP contribution < -0.4 is 14.7 Å². The second kappa shape index (κ2) is 7.94. The minimum absolute atomic E-state index is 0.399. The molecular weight excluding hydrogens is 374 g/mol. The number of rotatable bonds is 5. The maximum Gasteiger partial charge on any atom is 0.303 e. The molecule has 1 atom stereocenters. The highest BCUT2D eigenvalue weighted by Gasteiger charge is 2.37. The van der Waals surface area contributed by atoms with E-state index in [4.69, 9.17) is 11.6 Å². The molecule has 1 saturated heterocycles. The largest absolute Gasteiger partial charge is 0.372 e. The molecule has 5 nitrogen and oxygen atoms in total. The third-order valence-corrected chi connectivity index (χ3v) is 5.76. The van der Waals surface area contributed by atoms with Crippen molar-refractivity contribution in [3.05, 3.63) is 58.6 Å². The lowest BCUT2D eigenvalue weighted by molar-refractivity contribution is -0.892. The van der Waals surface area contributed by atoms with Crippen molar-refractivity contribution in [2.24, 2.45) is 0 Å². The van der Waals surface area contributed by atoms with Crippen molar-refractivity contribution in [2.45, 2.75) is 25.8 Å². The number of carbonyl (C=O) groups excluding carboxylic acids is 2. The number of Topliss-reactive ketones (excluding diaryl/α,β-unsaturated/α-hetero) is 1. The van der Waals surface area contributed by atoms with Crippen LogP contribution in [-0.4, -0.2) is 38.5 Å². The van der Waals surface area contributed by atoms with Crippen molar-refractivity contribution >= 4 is 34.7 Å². The van der Waals surface area contributed by atoms with E-state index in [0.717, 1.165) is 24.5 Å². The maximum atomic E-state index is 12.4. The van der Waals surface area contributed by atoms with Crippen LogP contribution in [-0.2, 0) is 11.3 Å². The van der Waals surface area contributed by atoms with Gasteiger partial charge < -0.3 is 9.80 Å². The Morgan fingerprint density at radius 3 is 2.43 bits per heavy atom. The Morgan fingerprint density at radius 1 is 1.00 bits per heavy atom. The van der Waals surface area contributed by atoms with E-state index in [2.05, 4.69) is 29.2 Å². The molecule has 2 aromatic carbocycles. The van der Waals surface area contributed by atoms with E-state index in [1.165, 1.54) is 30.5 Å². The average molecular weight is 399 g/mol. The first kappa shape index (κ1) is 19.0. The van der Waals surface area contributed by atoms with Crippen molar-refractivity contribution in [3.63, 3.8) is 0 Å². The number of hydrogen-bond donors (Lipinski definition) is 1. The predicted octanol–water partition coefficient (Wildman–Crippen LogP) is 2.53. The van der Waals surface area contributed by atoms with Crippen molar-refractivity contribution < 1.29 is 14.5 Å². The van der Waals surface area contributed by atoms with E-state index >= 15 is 0 Å². The summed E-state index contributed by atoms with van der Waals surface area (Å²) in [5.74, 6) is -0.951. The molecule has 0 aliphatic carbocycles. The molecule has 2 heterocycles. The number of benzene rings is 2. The molecule has 2 aliphatic rings. The zero-order valence-electron chi connectivity index (χ0n) is 16.1. The zero-order valence-corrected chi connectivity index (χ0v) is 16.8. The number of hydrogen-bond acceptors (Lipinski definition) is 3. The molecule has 0 spiro atoms. The van der Waals surface area contributed by atoms with Crippen LogP contribution >= 0.6 is 11.6 Å². The van der Waals surface area contributed by atoms with Crippen LogP contribution in [0.4, 0.5) is 11.4 Å². The number of nitrogens with zero attached hydrogens (tertiary/aromatic N) is 2. The normalized spacial score (nSPS) is 17.8. The summed E-state index contributed by atoms with van der Waals surface area (Å²) in [6.45, 7) is 3.49. The van der Waals surface area contributed by atoms with E-state index in [-0.39, 0.29) is 0 Å². The fourth-order valence-corrected chi connectivity index (χ4v) is 4.25. The minimum atomic E-state index is -0.476. The van der Waals surface area contributed by atoms with Gasteiger partial charge in [-0.1, -0.05) is 23.7 Å². The van der Waals surface area contributed by atoms with Crippen LogP contribution in [0, 0.1) is 0 Å². The third kappa shape index (κ3) is 3.77. The van der Waals surface area contributed by atoms with E-state index in [0.29, 0.717) is 22.9 Å². The Bertz CT molecular complexity index is 891. The number of ketones is 1. The predicted molar refractivity (Wildman–Crippen MR) is 111 cm³/mol. The first-order chi connectivity index (χ1) is 13.5. The standard InChI is InChI=1S/C22H24ClN3O2/c1-24(14-16-5-8-18(9-6-16)25-11-3-2-4-12-25)15-26-20-10-7-17(23)13-19(20)21(27)22(26)28/h5-10,13H,2-4,11-12,14-15H2,1H3/p+1. The van der Waals surface area contributed by atoms with Crippen LogP contribution in [0.5, 0.6) is 0 Å². The number of amides is 1. The van der Waals surface area contributed by atoms with E-state index in [1.54, 1.807) is 23.1 Å². The van der Waals surface area contributed by atoms with Gasteiger partial charge in [0, 0.05) is 29.4 Å². The number of nitrogens with one attached hydrogen (secondary N) is 1. The third-order valence-electron chi connectivity index (χ3n) is 5.52. The smallest absolute Gasteiger partial charge is 0.303 e. The number of piperidine rings is 1. The van der Waals surface area contributed by atoms with Gasteiger partial charge in [0.25, 0.3) is 5.78 Å². The summed E-state index contributed by atoms with van der Waals surface area (Å²) in [6.07, 6.45) is 3.86. The van der Waals surface area contributed by atoms with Gasteiger partial charge >= 0.3 is 5.91 Å². The maximum absolute atomic E-state index is 12.4. The van der Waals surface area contributed by atoms with Gasteiger partial charge in [0.15, 0.2) is 6.67 Å². The van der Waals surface area contributed by atoms with Gasteiger partial charge in [0.05, 0.1) is 18.3 Å². The molecule has 4 rings (SSSR count). The number of quaternary nitrogens is 1. The van der Waals surface area contributed by atoms with Gasteiger partial charge in [0.1, 0.15) is 6.54 Å². The molecule has 0 aromatic heterocycles. The van der Waals surface area contributed by atoms with Crippen LogP contribution in [0.1, 0.15) is 35.2 Å². The first-order valence-electron chi connectivity index (χ1n) is 9.84. The highest BCUT2D eigenvalue weighted by Crippen LogP contribution is 2.30. The fraction of sp³-hybridized carbons (Fsp3) is 0.364. The first-order valence-corrected chi connectivity index (χ1v) is 10.2. The molecule has 0 bridgehead atoms. The summed E-state index contributed by atoms with van der Waals surface area (Å²) in [5, 5.41) is 0.469. The van der Waals surface area contributed by atoms with Gasteiger partial charge in [-0.3, -0.25) is 14.5 Å². The molecule has 1 N–H and O–H groups in total. The lowest BCUT2D eigenvalue weighted by atomic mass is 10.1. The second-order valence-electron chi connectivity index (χ2n) is 7.73. The Kier molecular flexibility index (Phi) is 5.38. The van der Waals surface area contributed by atoms with Crippen molar-refractivity contribution in [3.8, 4) is 0 Å². The van der Waals surface area contributed by atoms with Gasteiger partial charge in [-0.25, -0.2) is 0 Å². The monoisotopic (exact) mass is 398 g/mol. The van der Waals surface area contributed by atoms with Crippen LogP contribution in [0.2, 0.25) is 5.02 Å². The van der Waals surface area contributed by atoms with Crippen molar-refractivity contribution in [2.75, 3.05) is 36.6 Å². The topological polar surface area (TPSA) is 45.1 Å². The molecule has 2 aliphatic heterocycles. The number of anilines is 2. The molecule has 0 radical (unpaired) electrons. The molecule has 1 unspecified atom stereocenters. The van der Waals surface area contributed by atoms with E-state index in [9.17, 15) is 9.59 Å². The average Bonchev–Trinajstić information content (AvgIpc) is 2.93. The van der Waals surface area contributed by atoms with Crippen LogP contribution in [0.25, 0.3) is 0 Å². The van der Waals surface area contributed by atoms with Crippen LogP contribution in [0.15, 0.2) is 42.5 Å². The Hall–Kier alpha value is -2.37. The molecule has 146 valence electrons. The number of fused-ring (bicyclic) bond motifs is 1. The quantitative estimate of drug-likeness (QED) is 0.787. The summed E-state index contributed by atoms with van der Waals surface area (Å²) >= 11 is 5.98. The summed E-state index contributed by atoms with van der Waals surface area (Å²) in [7, 11) is 2.03. The van der Waals surface area contributed by atoms with Gasteiger partial charge in [-0.15, -0.1) is 0 Å². The lowest BCUT2D eigenvalue weighted by Gasteiger charge is -2.29. The van der Waals surface area contributed by atoms with E-state index < -0.39 is 11.7 Å². The second-order valence-corrected chi connectivity index (χ2v) is 8.17. The summed E-state index contributed by atoms with van der Waals surface area (Å²) in [6, 6.07) is 13.8. The van der Waals surface area contributed by atoms with Gasteiger partial charge in [-0.05, 0) is 49.6 Å². The van der Waals surface area contributed by atoms with Crippen molar-refractivity contribution in [1.29, 1.82) is 0 Å². The Labute approximate surface area is 170 Å². The molecule has 6 heteroatoms. The zero-order chi connectivity index (χ0) is 19.7. The fourth-order valence-electron chi connectivity index (χ4n) is 4.08.